The lowest BCUT2D eigenvalue weighted by Gasteiger charge is -2.26. The van der Waals surface area contributed by atoms with E-state index in [9.17, 15) is 21.6 Å². The van der Waals surface area contributed by atoms with Crippen molar-refractivity contribution < 1.29 is 26.7 Å². The second-order valence-electron chi connectivity index (χ2n) is 4.55. The first-order chi connectivity index (χ1) is 9.00. The minimum Gasteiger partial charge on any atom is -0.392 e. The van der Waals surface area contributed by atoms with Crippen molar-refractivity contribution in [3.05, 3.63) is 11.3 Å². The number of hydrogen-bond acceptors (Lipinski definition) is 4. The summed E-state index contributed by atoms with van der Waals surface area (Å²) in [5, 5.41) is 14.4. The first-order valence-corrected chi connectivity index (χ1v) is 7.18. The second-order valence-corrected chi connectivity index (χ2v) is 6.36. The van der Waals surface area contributed by atoms with Gasteiger partial charge in [0.1, 0.15) is 6.54 Å². The third-order valence-electron chi connectivity index (χ3n) is 2.66. The first kappa shape index (κ1) is 16.9. The van der Waals surface area contributed by atoms with Crippen LogP contribution >= 0.6 is 0 Å². The maximum Gasteiger partial charge on any atom is 0.402 e. The number of aliphatic hydroxyl groups is 1. The molecule has 0 atom stereocenters. The lowest BCUT2D eigenvalue weighted by molar-refractivity contribution is -0.138. The standard InChI is InChI=1S/C10H16F3N3O3S/c1-6(2)16(5-10(11,12)13)20(18,19)9-8(4-17)7(3)14-15-9/h6,17H,4-5H2,1-3H3,(H,14,15). The lowest BCUT2D eigenvalue weighted by atomic mass is 10.3. The fourth-order valence-electron chi connectivity index (χ4n) is 1.66. The van der Waals surface area contributed by atoms with Crippen molar-refractivity contribution in [2.24, 2.45) is 0 Å². The summed E-state index contributed by atoms with van der Waals surface area (Å²) in [5.74, 6) is 0. The monoisotopic (exact) mass is 315 g/mol. The van der Waals surface area contributed by atoms with Crippen LogP contribution in [0.2, 0.25) is 0 Å². The molecule has 0 aromatic carbocycles. The van der Waals surface area contributed by atoms with Gasteiger partial charge in [-0.25, -0.2) is 8.42 Å². The molecule has 1 rings (SSSR count). The van der Waals surface area contributed by atoms with Crippen LogP contribution in [0, 0.1) is 6.92 Å². The predicted molar refractivity (Wildman–Crippen MR) is 64.3 cm³/mol. The molecule has 0 amide bonds. The van der Waals surface area contributed by atoms with Gasteiger partial charge in [0.05, 0.1) is 6.61 Å². The third kappa shape index (κ3) is 3.49. The van der Waals surface area contributed by atoms with E-state index in [-0.39, 0.29) is 5.56 Å². The molecule has 0 spiro atoms. The Morgan fingerprint density at radius 3 is 2.35 bits per heavy atom. The number of aliphatic hydroxyl groups excluding tert-OH is 1. The van der Waals surface area contributed by atoms with E-state index >= 15 is 0 Å². The lowest BCUT2D eigenvalue weighted by Crippen LogP contribution is -2.43. The van der Waals surface area contributed by atoms with Crippen LogP contribution in [0.4, 0.5) is 13.2 Å². The highest BCUT2D eigenvalue weighted by molar-refractivity contribution is 7.89. The largest absolute Gasteiger partial charge is 0.402 e. The number of nitrogens with one attached hydrogen (secondary N) is 1. The molecule has 0 radical (unpaired) electrons. The molecular weight excluding hydrogens is 299 g/mol. The number of aryl methyl sites for hydroxylation is 1. The highest BCUT2D eigenvalue weighted by atomic mass is 32.2. The summed E-state index contributed by atoms with van der Waals surface area (Å²) < 4.78 is 62.4. The van der Waals surface area contributed by atoms with Gasteiger partial charge in [0.25, 0.3) is 10.0 Å². The predicted octanol–water partition coefficient (Wildman–Crippen LogP) is 1.17. The van der Waals surface area contributed by atoms with Crippen LogP contribution in [-0.2, 0) is 16.6 Å². The molecule has 1 aromatic heterocycles. The Balaban J connectivity index is 3.30. The molecule has 6 nitrogen and oxygen atoms in total. The zero-order valence-corrected chi connectivity index (χ0v) is 12.0. The molecular formula is C10H16F3N3O3S. The van der Waals surface area contributed by atoms with Crippen LogP contribution in [-0.4, -0.2) is 46.8 Å². The minimum absolute atomic E-state index is 0.0298. The van der Waals surface area contributed by atoms with Crippen LogP contribution in [0.15, 0.2) is 5.03 Å². The molecule has 0 unspecified atom stereocenters. The van der Waals surface area contributed by atoms with E-state index in [1.54, 1.807) is 0 Å². The third-order valence-corrected chi connectivity index (χ3v) is 4.65. The molecule has 0 saturated carbocycles. The fourth-order valence-corrected chi connectivity index (χ4v) is 3.45. The van der Waals surface area contributed by atoms with Gasteiger partial charge in [0.15, 0.2) is 5.03 Å². The van der Waals surface area contributed by atoms with Gasteiger partial charge in [-0.3, -0.25) is 5.10 Å². The number of sulfonamides is 1. The Labute approximate surface area is 114 Å². The Kier molecular flexibility index (Phi) is 4.82. The molecule has 1 aromatic rings. The molecule has 20 heavy (non-hydrogen) atoms. The summed E-state index contributed by atoms with van der Waals surface area (Å²) in [5.41, 5.74) is 0.264. The Morgan fingerprint density at radius 2 is 1.95 bits per heavy atom. The van der Waals surface area contributed by atoms with Crippen molar-refractivity contribution in [1.82, 2.24) is 14.5 Å². The molecule has 2 N–H and O–H groups in total. The average Bonchev–Trinajstić information content (AvgIpc) is 2.66. The van der Waals surface area contributed by atoms with Crippen LogP contribution in [0.5, 0.6) is 0 Å². The fraction of sp³-hybridized carbons (Fsp3) is 0.700. The number of hydrogen-bond donors (Lipinski definition) is 2. The van der Waals surface area contributed by atoms with Crippen molar-refractivity contribution in [1.29, 1.82) is 0 Å². The summed E-state index contributed by atoms with van der Waals surface area (Å²) in [4.78, 5) is 0. The van der Waals surface area contributed by atoms with Crippen LogP contribution in [0.1, 0.15) is 25.1 Å². The van der Waals surface area contributed by atoms with Crippen LogP contribution < -0.4 is 0 Å². The topological polar surface area (TPSA) is 86.3 Å². The number of aromatic nitrogens is 2. The zero-order valence-electron chi connectivity index (χ0n) is 11.2. The molecule has 0 aliphatic heterocycles. The van der Waals surface area contributed by atoms with E-state index < -0.39 is 40.4 Å². The van der Waals surface area contributed by atoms with Gasteiger partial charge in [-0.05, 0) is 20.8 Å². The van der Waals surface area contributed by atoms with E-state index in [0.29, 0.717) is 10.00 Å². The number of nitrogens with zero attached hydrogens (tertiary/aromatic N) is 2. The van der Waals surface area contributed by atoms with Crippen LogP contribution in [0.3, 0.4) is 0 Å². The van der Waals surface area contributed by atoms with Crippen molar-refractivity contribution in [3.63, 3.8) is 0 Å². The second kappa shape index (κ2) is 5.70. The summed E-state index contributed by atoms with van der Waals surface area (Å²) in [6.07, 6.45) is -4.66. The summed E-state index contributed by atoms with van der Waals surface area (Å²) in [6, 6.07) is -0.898. The van der Waals surface area contributed by atoms with Gasteiger partial charge in [0.2, 0.25) is 0 Å². The normalized spacial score (nSPS) is 13.4. The quantitative estimate of drug-likeness (QED) is 0.854. The molecule has 0 aliphatic rings. The molecule has 0 saturated heterocycles. The van der Waals surface area contributed by atoms with Crippen LogP contribution in [0.25, 0.3) is 0 Å². The van der Waals surface area contributed by atoms with Gasteiger partial charge in [-0.1, -0.05) is 0 Å². The number of aromatic amines is 1. The van der Waals surface area contributed by atoms with Gasteiger partial charge >= 0.3 is 6.18 Å². The highest BCUT2D eigenvalue weighted by Crippen LogP contribution is 2.26. The number of rotatable bonds is 5. The Hall–Kier alpha value is -1.13. The van der Waals surface area contributed by atoms with Crippen molar-refractivity contribution in [2.45, 2.75) is 44.6 Å². The van der Waals surface area contributed by atoms with Gasteiger partial charge in [0, 0.05) is 17.3 Å². The summed E-state index contributed by atoms with van der Waals surface area (Å²) in [6.45, 7) is 1.91. The SMILES string of the molecule is Cc1[nH]nc(S(=O)(=O)N(CC(F)(F)F)C(C)C)c1CO. The zero-order chi connectivity index (χ0) is 15.7. The van der Waals surface area contributed by atoms with Gasteiger partial charge in [-0.15, -0.1) is 0 Å². The van der Waals surface area contributed by atoms with Gasteiger partial charge < -0.3 is 5.11 Å². The molecule has 0 aliphatic carbocycles. The molecule has 0 fully saturated rings. The van der Waals surface area contributed by atoms with E-state index in [1.807, 2.05) is 0 Å². The van der Waals surface area contributed by atoms with E-state index in [4.69, 9.17) is 5.11 Å². The van der Waals surface area contributed by atoms with Crippen molar-refractivity contribution in [3.8, 4) is 0 Å². The van der Waals surface area contributed by atoms with Gasteiger partial charge in [-0.2, -0.15) is 22.6 Å². The number of halogens is 3. The first-order valence-electron chi connectivity index (χ1n) is 5.74. The molecule has 10 heteroatoms. The molecule has 1 heterocycles. The van der Waals surface area contributed by atoms with Crippen molar-refractivity contribution in [2.75, 3.05) is 6.54 Å². The maximum atomic E-state index is 12.5. The molecule has 116 valence electrons. The highest BCUT2D eigenvalue weighted by Gasteiger charge is 2.40. The maximum absolute atomic E-state index is 12.5. The minimum atomic E-state index is -4.66. The molecule has 0 bridgehead atoms. The van der Waals surface area contributed by atoms with E-state index in [2.05, 4.69) is 10.2 Å². The van der Waals surface area contributed by atoms with E-state index in [1.165, 1.54) is 20.8 Å². The number of H-pyrrole nitrogens is 1. The Morgan fingerprint density at radius 1 is 1.40 bits per heavy atom. The Bertz CT molecular complexity index is 566. The van der Waals surface area contributed by atoms with Crippen molar-refractivity contribution >= 4 is 10.0 Å². The number of alkyl halides is 3. The average molecular weight is 315 g/mol. The van der Waals surface area contributed by atoms with E-state index in [0.717, 1.165) is 0 Å². The summed E-state index contributed by atoms with van der Waals surface area (Å²) in [7, 11) is -4.44. The summed E-state index contributed by atoms with van der Waals surface area (Å²) >= 11 is 0. The smallest absolute Gasteiger partial charge is 0.392 e.